The Kier molecular flexibility index (Phi) is 3.44. The van der Waals surface area contributed by atoms with E-state index < -0.39 is 0 Å². The van der Waals surface area contributed by atoms with E-state index in [9.17, 15) is 0 Å². The summed E-state index contributed by atoms with van der Waals surface area (Å²) in [6.45, 7) is 4.33. The predicted octanol–water partition coefficient (Wildman–Crippen LogP) is 3.86. The number of hydrogen-bond donors (Lipinski definition) is 1. The van der Waals surface area contributed by atoms with E-state index in [4.69, 9.17) is 4.74 Å². The summed E-state index contributed by atoms with van der Waals surface area (Å²) in [6, 6.07) is 6.37. The van der Waals surface area contributed by atoms with Crippen LogP contribution in [0.4, 0.5) is 5.69 Å². The highest BCUT2D eigenvalue weighted by Gasteiger charge is 2.20. The molecule has 1 saturated carbocycles. The van der Waals surface area contributed by atoms with Gasteiger partial charge in [-0.1, -0.05) is 25.8 Å². The van der Waals surface area contributed by atoms with Gasteiger partial charge in [-0.3, -0.25) is 0 Å². The maximum absolute atomic E-state index is 6.08. The minimum atomic E-state index is 0.770. The average molecular weight is 245 g/mol. The van der Waals surface area contributed by atoms with E-state index in [2.05, 4.69) is 30.4 Å². The van der Waals surface area contributed by atoms with Crippen molar-refractivity contribution < 1.29 is 4.74 Å². The first-order valence-corrected chi connectivity index (χ1v) is 7.31. The molecule has 0 bridgehead atoms. The van der Waals surface area contributed by atoms with E-state index in [0.29, 0.717) is 0 Å². The van der Waals surface area contributed by atoms with Crippen molar-refractivity contribution in [3.05, 3.63) is 23.8 Å². The van der Waals surface area contributed by atoms with Gasteiger partial charge < -0.3 is 10.1 Å². The lowest BCUT2D eigenvalue weighted by atomic mass is 9.83. The molecule has 0 saturated heterocycles. The fourth-order valence-electron chi connectivity index (χ4n) is 3.15. The number of benzene rings is 1. The van der Waals surface area contributed by atoms with E-state index in [0.717, 1.165) is 37.2 Å². The first kappa shape index (κ1) is 11.9. The molecule has 1 aliphatic carbocycles. The Morgan fingerprint density at radius 2 is 2.06 bits per heavy atom. The average Bonchev–Trinajstić information content (AvgIpc) is 2.87. The summed E-state index contributed by atoms with van der Waals surface area (Å²) >= 11 is 0. The molecule has 2 nitrogen and oxygen atoms in total. The molecule has 1 heterocycles. The minimum Gasteiger partial charge on any atom is -0.493 e. The van der Waals surface area contributed by atoms with Crippen LogP contribution in [0.25, 0.3) is 0 Å². The quantitative estimate of drug-likeness (QED) is 0.873. The van der Waals surface area contributed by atoms with Crippen molar-refractivity contribution in [2.45, 2.75) is 39.0 Å². The van der Waals surface area contributed by atoms with Crippen LogP contribution in [-0.4, -0.2) is 13.2 Å². The smallest absolute Gasteiger partial charge is 0.124 e. The fourth-order valence-corrected chi connectivity index (χ4v) is 3.15. The van der Waals surface area contributed by atoms with Crippen molar-refractivity contribution >= 4 is 5.69 Å². The van der Waals surface area contributed by atoms with Crippen molar-refractivity contribution in [1.82, 2.24) is 0 Å². The Morgan fingerprint density at radius 3 is 2.89 bits per heavy atom. The number of nitrogens with one attached hydrogen (secondary N) is 1. The van der Waals surface area contributed by atoms with Crippen molar-refractivity contribution in [2.75, 3.05) is 18.5 Å². The van der Waals surface area contributed by atoms with Crippen LogP contribution >= 0.6 is 0 Å². The number of fused-ring (bicyclic) bond motifs is 1. The van der Waals surface area contributed by atoms with Crippen molar-refractivity contribution in [2.24, 2.45) is 11.8 Å². The second kappa shape index (κ2) is 5.21. The highest BCUT2D eigenvalue weighted by Crippen LogP contribution is 2.33. The van der Waals surface area contributed by atoms with Crippen LogP contribution in [0, 0.1) is 11.8 Å². The topological polar surface area (TPSA) is 21.3 Å². The van der Waals surface area contributed by atoms with Gasteiger partial charge in [-0.15, -0.1) is 0 Å². The zero-order valence-electron chi connectivity index (χ0n) is 11.2. The molecule has 2 heteroatoms. The SMILES string of the molecule is CC1CCC(COc2cccc3c2CCN3)CC1. The van der Waals surface area contributed by atoms with Gasteiger partial charge in [0, 0.05) is 17.8 Å². The van der Waals surface area contributed by atoms with Crippen LogP contribution in [0.2, 0.25) is 0 Å². The Labute approximate surface area is 110 Å². The molecule has 18 heavy (non-hydrogen) atoms. The maximum Gasteiger partial charge on any atom is 0.124 e. The van der Waals surface area contributed by atoms with E-state index in [-0.39, 0.29) is 0 Å². The molecule has 1 N–H and O–H groups in total. The molecule has 0 radical (unpaired) electrons. The van der Waals surface area contributed by atoms with Gasteiger partial charge in [-0.2, -0.15) is 0 Å². The summed E-state index contributed by atoms with van der Waals surface area (Å²) in [4.78, 5) is 0. The Bertz CT molecular complexity index is 408. The van der Waals surface area contributed by atoms with Gasteiger partial charge in [0.25, 0.3) is 0 Å². The zero-order chi connectivity index (χ0) is 12.4. The Hall–Kier alpha value is -1.18. The van der Waals surface area contributed by atoms with Crippen LogP contribution in [-0.2, 0) is 6.42 Å². The standard InChI is InChI=1S/C16H23NO/c1-12-5-7-13(8-6-12)11-18-16-4-2-3-15-14(16)9-10-17-15/h2-4,12-13,17H,5-11H2,1H3. The zero-order valence-corrected chi connectivity index (χ0v) is 11.2. The van der Waals surface area contributed by atoms with E-state index in [1.165, 1.54) is 36.9 Å². The summed E-state index contributed by atoms with van der Waals surface area (Å²) in [5.74, 6) is 2.80. The van der Waals surface area contributed by atoms with Gasteiger partial charge >= 0.3 is 0 Å². The fraction of sp³-hybridized carbons (Fsp3) is 0.625. The summed E-state index contributed by atoms with van der Waals surface area (Å²) in [5, 5.41) is 3.40. The Morgan fingerprint density at radius 1 is 1.22 bits per heavy atom. The van der Waals surface area contributed by atoms with Crippen molar-refractivity contribution in [1.29, 1.82) is 0 Å². The minimum absolute atomic E-state index is 0.770. The van der Waals surface area contributed by atoms with Gasteiger partial charge in [-0.25, -0.2) is 0 Å². The van der Waals surface area contributed by atoms with Crippen molar-refractivity contribution in [3.63, 3.8) is 0 Å². The third-order valence-corrected chi connectivity index (χ3v) is 4.43. The molecular formula is C16H23NO. The number of ether oxygens (including phenoxy) is 1. The largest absolute Gasteiger partial charge is 0.493 e. The Balaban J connectivity index is 1.59. The molecule has 1 fully saturated rings. The normalized spacial score (nSPS) is 26.5. The summed E-state index contributed by atoms with van der Waals surface area (Å²) < 4.78 is 6.08. The van der Waals surface area contributed by atoms with Crippen molar-refractivity contribution in [3.8, 4) is 5.75 Å². The lowest BCUT2D eigenvalue weighted by molar-refractivity contribution is 0.187. The molecule has 98 valence electrons. The van der Waals surface area contributed by atoms with Crippen LogP contribution < -0.4 is 10.1 Å². The van der Waals surface area contributed by atoms with Crippen LogP contribution in [0.15, 0.2) is 18.2 Å². The predicted molar refractivity (Wildman–Crippen MR) is 75.3 cm³/mol. The molecule has 0 unspecified atom stereocenters. The molecule has 1 aromatic carbocycles. The lowest BCUT2D eigenvalue weighted by Gasteiger charge is -2.26. The molecule has 1 aliphatic heterocycles. The maximum atomic E-state index is 6.08. The van der Waals surface area contributed by atoms with Gasteiger partial charge in [-0.05, 0) is 43.2 Å². The highest BCUT2D eigenvalue weighted by atomic mass is 16.5. The molecule has 0 aromatic heterocycles. The third kappa shape index (κ3) is 2.47. The van der Waals surface area contributed by atoms with Crippen LogP contribution in [0.1, 0.15) is 38.2 Å². The van der Waals surface area contributed by atoms with Gasteiger partial charge in [0.2, 0.25) is 0 Å². The van der Waals surface area contributed by atoms with E-state index >= 15 is 0 Å². The molecule has 1 aromatic rings. The summed E-state index contributed by atoms with van der Waals surface area (Å²) in [5.41, 5.74) is 2.64. The van der Waals surface area contributed by atoms with E-state index in [1.54, 1.807) is 0 Å². The second-order valence-electron chi connectivity index (χ2n) is 5.90. The highest BCUT2D eigenvalue weighted by molar-refractivity contribution is 5.61. The van der Waals surface area contributed by atoms with E-state index in [1.807, 2.05) is 0 Å². The molecule has 0 amide bonds. The first-order valence-electron chi connectivity index (χ1n) is 7.31. The van der Waals surface area contributed by atoms with Crippen LogP contribution in [0.5, 0.6) is 5.75 Å². The summed E-state index contributed by atoms with van der Waals surface area (Å²) in [6.07, 6.45) is 6.54. The third-order valence-electron chi connectivity index (χ3n) is 4.43. The van der Waals surface area contributed by atoms with Gasteiger partial charge in [0.05, 0.1) is 6.61 Å². The summed E-state index contributed by atoms with van der Waals surface area (Å²) in [7, 11) is 0. The molecule has 2 aliphatic rings. The first-order chi connectivity index (χ1) is 8.83. The van der Waals surface area contributed by atoms with Gasteiger partial charge in [0.15, 0.2) is 0 Å². The number of hydrogen-bond acceptors (Lipinski definition) is 2. The molecular weight excluding hydrogens is 222 g/mol. The molecule has 0 spiro atoms. The lowest BCUT2D eigenvalue weighted by Crippen LogP contribution is -2.19. The molecule has 3 rings (SSSR count). The number of rotatable bonds is 3. The molecule has 0 atom stereocenters. The monoisotopic (exact) mass is 245 g/mol. The van der Waals surface area contributed by atoms with Crippen LogP contribution in [0.3, 0.4) is 0 Å². The number of anilines is 1. The second-order valence-corrected chi connectivity index (χ2v) is 5.90. The van der Waals surface area contributed by atoms with Gasteiger partial charge in [0.1, 0.15) is 5.75 Å².